The molecular formula is C3H5ClMgO. The van der Waals surface area contributed by atoms with Gasteiger partial charge >= 0.3 is 43.8 Å². The minimum atomic E-state index is 0. The summed E-state index contributed by atoms with van der Waals surface area (Å²) in [5.41, 5.74) is 0. The number of hydrogen-bond acceptors (Lipinski definition) is 1. The van der Waals surface area contributed by atoms with Crippen LogP contribution in [0, 0.1) is 0 Å². The van der Waals surface area contributed by atoms with Gasteiger partial charge < -0.3 is 12.4 Å². The minimum absolute atomic E-state index is 0. The Hall–Kier alpha value is 0.726. The Bertz CT molecular complexity index is 46.1. The molecule has 0 aliphatic carbocycles. The van der Waals surface area contributed by atoms with Crippen molar-refractivity contribution in [2.24, 2.45) is 0 Å². The summed E-state index contributed by atoms with van der Waals surface area (Å²) in [6, 6.07) is 0. The Morgan fingerprint density at radius 2 is 2.00 bits per heavy atom. The van der Waals surface area contributed by atoms with Crippen LogP contribution in [0.25, 0.3) is 0 Å². The molecule has 0 radical (unpaired) electrons. The van der Waals surface area contributed by atoms with Crippen LogP contribution in [-0.2, 0) is 4.79 Å². The fourth-order valence-electron chi connectivity index (χ4n) is 0. The molecule has 0 saturated heterocycles. The number of Topliss-reactive ketones (excluding diaryl/α,β-unsaturated/α-hetero) is 1. The fourth-order valence-corrected chi connectivity index (χ4v) is 0. The van der Waals surface area contributed by atoms with Crippen LogP contribution in [0.2, 0.25) is 4.55 Å². The molecule has 0 rings (SSSR count). The summed E-state index contributed by atoms with van der Waals surface area (Å²) in [6.07, 6.45) is 0. The summed E-state index contributed by atoms with van der Waals surface area (Å²) in [5.74, 6) is 0.267. The standard InChI is InChI=1S/C3H5O.ClH.Mg/c1-3(2)4;;/h1H2,2H3;1H;/q;;+1/p-1. The van der Waals surface area contributed by atoms with Crippen molar-refractivity contribution in [2.75, 3.05) is 0 Å². The summed E-state index contributed by atoms with van der Waals surface area (Å²) in [5, 5.41) is 0. The number of halogens is 1. The summed E-state index contributed by atoms with van der Waals surface area (Å²) < 4.78 is 0.694. The number of hydrogen-bond donors (Lipinski definition) is 0. The smallest absolute Gasteiger partial charge is 1.00 e. The quantitative estimate of drug-likeness (QED) is 0.338. The van der Waals surface area contributed by atoms with Gasteiger partial charge in [0.25, 0.3) is 0 Å². The monoisotopic (exact) mass is 116 g/mol. The molecule has 0 amide bonds. The van der Waals surface area contributed by atoms with Crippen LogP contribution in [-0.4, -0.2) is 27.5 Å². The molecule has 0 fully saturated rings. The van der Waals surface area contributed by atoms with Crippen molar-refractivity contribution >= 4 is 27.5 Å². The molecule has 0 aliphatic heterocycles. The van der Waals surface area contributed by atoms with Crippen LogP contribution in [0.3, 0.4) is 0 Å². The van der Waals surface area contributed by atoms with Gasteiger partial charge in [-0.05, 0) is 0 Å². The van der Waals surface area contributed by atoms with Crippen molar-refractivity contribution in [2.45, 2.75) is 11.5 Å². The van der Waals surface area contributed by atoms with Crippen molar-refractivity contribution in [3.8, 4) is 0 Å². The van der Waals surface area contributed by atoms with Gasteiger partial charge in [-0.3, -0.25) is 0 Å². The number of carbonyl (C=O) groups excluding carboxylic acids is 1. The van der Waals surface area contributed by atoms with E-state index in [1.165, 1.54) is 0 Å². The molecule has 32 valence electrons. The zero-order valence-corrected chi connectivity index (χ0v) is 5.87. The van der Waals surface area contributed by atoms with Crippen LogP contribution < -0.4 is 12.4 Å². The van der Waals surface area contributed by atoms with Crippen molar-refractivity contribution in [3.63, 3.8) is 0 Å². The normalized spacial score (nSPS) is 6.50. The Balaban J connectivity index is 0. The van der Waals surface area contributed by atoms with Crippen LogP contribution in [0.1, 0.15) is 6.92 Å². The average molecular weight is 117 g/mol. The molecule has 0 aromatic rings. The molecule has 0 atom stereocenters. The summed E-state index contributed by atoms with van der Waals surface area (Å²) >= 11 is 1.68. The predicted molar refractivity (Wildman–Crippen MR) is 21.2 cm³/mol. The van der Waals surface area contributed by atoms with Crippen LogP contribution in [0.5, 0.6) is 0 Å². The van der Waals surface area contributed by atoms with E-state index in [0.717, 1.165) is 0 Å². The molecule has 0 spiro atoms. The molecule has 0 bridgehead atoms. The fraction of sp³-hybridized carbons (Fsp3) is 0.667. The van der Waals surface area contributed by atoms with E-state index in [0.29, 0.717) is 4.55 Å². The Morgan fingerprint density at radius 3 is 2.00 bits per heavy atom. The topological polar surface area (TPSA) is 17.1 Å². The van der Waals surface area contributed by atoms with E-state index in [9.17, 15) is 4.79 Å². The first-order valence-electron chi connectivity index (χ1n) is 1.56. The number of ketones is 1. The first kappa shape index (κ1) is 9.87. The molecule has 0 aromatic heterocycles. The third-order valence-electron chi connectivity index (χ3n) is 0.352. The van der Waals surface area contributed by atoms with Gasteiger partial charge in [0.2, 0.25) is 0 Å². The molecule has 0 saturated carbocycles. The zero-order chi connectivity index (χ0) is 4.28. The molecule has 0 unspecified atom stereocenters. The van der Waals surface area contributed by atoms with Crippen LogP contribution in [0.4, 0.5) is 0 Å². The maximum absolute atomic E-state index is 9.82. The Morgan fingerprint density at radius 1 is 1.83 bits per heavy atom. The summed E-state index contributed by atoms with van der Waals surface area (Å²) in [7, 11) is 0. The van der Waals surface area contributed by atoms with E-state index in [4.69, 9.17) is 0 Å². The van der Waals surface area contributed by atoms with Gasteiger partial charge in [0.15, 0.2) is 0 Å². The summed E-state index contributed by atoms with van der Waals surface area (Å²) in [6.45, 7) is 1.59. The van der Waals surface area contributed by atoms with Crippen molar-refractivity contribution in [1.29, 1.82) is 0 Å². The van der Waals surface area contributed by atoms with Gasteiger partial charge in [0.05, 0.1) is 0 Å². The third-order valence-corrected chi connectivity index (χ3v) is 1.06. The van der Waals surface area contributed by atoms with Gasteiger partial charge in [-0.2, -0.15) is 0 Å². The second-order valence-electron chi connectivity index (χ2n) is 0.952. The van der Waals surface area contributed by atoms with Crippen LogP contribution in [0.15, 0.2) is 0 Å². The third kappa shape index (κ3) is 8.83. The first-order valence-corrected chi connectivity index (χ1v) is 2.56. The molecule has 3 heteroatoms. The van der Waals surface area contributed by atoms with E-state index < -0.39 is 0 Å². The van der Waals surface area contributed by atoms with Crippen molar-refractivity contribution in [1.82, 2.24) is 0 Å². The second-order valence-corrected chi connectivity index (χ2v) is 1.45. The maximum Gasteiger partial charge on any atom is -1.00 e. The number of rotatable bonds is 1. The molecule has 0 heterocycles. The average Bonchev–Trinajstić information content (AvgIpc) is 1.38. The van der Waals surface area contributed by atoms with Gasteiger partial charge in [0, 0.05) is 0 Å². The SMILES string of the molecule is CC(=O)[CH2][Mg+].[Cl-]. The molecule has 0 aliphatic rings. The Labute approximate surface area is 56.3 Å². The summed E-state index contributed by atoms with van der Waals surface area (Å²) in [4.78, 5) is 9.82. The molecule has 0 N–H and O–H groups in total. The van der Waals surface area contributed by atoms with Crippen LogP contribution >= 0.6 is 0 Å². The molecule has 6 heavy (non-hydrogen) atoms. The molecule has 1 nitrogen and oxygen atoms in total. The van der Waals surface area contributed by atoms with Crippen molar-refractivity contribution in [3.05, 3.63) is 0 Å². The predicted octanol–water partition coefficient (Wildman–Crippen LogP) is -2.83. The largest absolute Gasteiger partial charge is 1.00 e. The first-order chi connectivity index (χ1) is 2.27. The molecular weight excluding hydrogens is 112 g/mol. The van der Waals surface area contributed by atoms with E-state index >= 15 is 0 Å². The van der Waals surface area contributed by atoms with E-state index in [1.54, 1.807) is 28.6 Å². The van der Waals surface area contributed by atoms with Gasteiger partial charge in [-0.1, -0.05) is 0 Å². The van der Waals surface area contributed by atoms with Gasteiger partial charge in [-0.15, -0.1) is 0 Å². The number of carbonyl (C=O) groups is 1. The second kappa shape index (κ2) is 5.73. The van der Waals surface area contributed by atoms with E-state index in [-0.39, 0.29) is 18.2 Å². The Kier molecular flexibility index (Phi) is 9.42. The maximum atomic E-state index is 9.82. The van der Waals surface area contributed by atoms with Gasteiger partial charge in [-0.25, -0.2) is 0 Å². The molecule has 0 aromatic carbocycles. The van der Waals surface area contributed by atoms with E-state index in [1.807, 2.05) is 0 Å². The van der Waals surface area contributed by atoms with E-state index in [2.05, 4.69) is 0 Å². The zero-order valence-electron chi connectivity index (χ0n) is 3.70. The minimum Gasteiger partial charge on any atom is -1.00 e. The van der Waals surface area contributed by atoms with Gasteiger partial charge in [0.1, 0.15) is 0 Å². The van der Waals surface area contributed by atoms with Crippen molar-refractivity contribution < 1.29 is 17.2 Å².